The summed E-state index contributed by atoms with van der Waals surface area (Å²) in [6.45, 7) is 4.93. The maximum atomic E-state index is 12.5. The van der Waals surface area contributed by atoms with Crippen LogP contribution >= 0.6 is 0 Å². The van der Waals surface area contributed by atoms with E-state index in [1.165, 1.54) is 31.5 Å². The molecule has 2 aliphatic heterocycles. The van der Waals surface area contributed by atoms with Crippen molar-refractivity contribution < 1.29 is 14.3 Å². The van der Waals surface area contributed by atoms with E-state index in [9.17, 15) is 4.79 Å². The predicted octanol–water partition coefficient (Wildman–Crippen LogP) is 2.23. The fraction of sp³-hybridized carbons (Fsp3) is 0.500. The van der Waals surface area contributed by atoms with Gasteiger partial charge in [-0.05, 0) is 43.5 Å². The van der Waals surface area contributed by atoms with E-state index >= 15 is 0 Å². The number of carbonyl (C=O) groups is 1. The predicted molar refractivity (Wildman–Crippen MR) is 110 cm³/mol. The van der Waals surface area contributed by atoms with Gasteiger partial charge in [0.15, 0.2) is 0 Å². The van der Waals surface area contributed by atoms with E-state index < -0.39 is 0 Å². The molecule has 0 saturated carbocycles. The lowest BCUT2D eigenvalue weighted by molar-refractivity contribution is -0.117. The molecule has 1 aromatic heterocycles. The van der Waals surface area contributed by atoms with Crippen molar-refractivity contribution in [2.24, 2.45) is 0 Å². The number of ether oxygens (including phenoxy) is 2. The molecule has 7 nitrogen and oxygen atoms in total. The van der Waals surface area contributed by atoms with Crippen LogP contribution in [0, 0.1) is 0 Å². The molecule has 2 aliphatic rings. The van der Waals surface area contributed by atoms with Crippen LogP contribution in [0.5, 0.6) is 6.01 Å². The van der Waals surface area contributed by atoms with Gasteiger partial charge in [-0.25, -0.2) is 4.98 Å². The average molecular weight is 396 g/mol. The molecule has 2 aromatic rings. The van der Waals surface area contributed by atoms with Crippen molar-refractivity contribution in [2.75, 3.05) is 44.9 Å². The lowest BCUT2D eigenvalue weighted by Gasteiger charge is -2.17. The summed E-state index contributed by atoms with van der Waals surface area (Å²) < 4.78 is 10.5. The van der Waals surface area contributed by atoms with Crippen LogP contribution in [0.25, 0.3) is 0 Å². The van der Waals surface area contributed by atoms with E-state index in [0.717, 1.165) is 24.1 Å². The summed E-state index contributed by atoms with van der Waals surface area (Å²) in [6, 6.07) is 8.85. The lowest BCUT2D eigenvalue weighted by Crippen LogP contribution is -2.26. The molecule has 1 aromatic carbocycles. The van der Waals surface area contributed by atoms with Gasteiger partial charge in [0.2, 0.25) is 5.91 Å². The summed E-state index contributed by atoms with van der Waals surface area (Å²) >= 11 is 0. The maximum Gasteiger partial charge on any atom is 0.318 e. The second-order valence-corrected chi connectivity index (χ2v) is 7.61. The fourth-order valence-corrected chi connectivity index (χ4v) is 3.85. The number of hydrogen-bond donors (Lipinski definition) is 0. The zero-order chi connectivity index (χ0) is 20.1. The molecule has 0 atom stereocenters. The molecule has 4 rings (SSSR count). The number of fused-ring (bicyclic) bond motifs is 1. The van der Waals surface area contributed by atoms with Gasteiger partial charge in [0, 0.05) is 25.4 Å². The molecular formula is C22H28N4O3. The molecule has 29 heavy (non-hydrogen) atoms. The zero-order valence-corrected chi connectivity index (χ0v) is 17.0. The van der Waals surface area contributed by atoms with Crippen LogP contribution in [-0.4, -0.2) is 60.7 Å². The molecule has 0 unspecified atom stereocenters. The second kappa shape index (κ2) is 9.33. The van der Waals surface area contributed by atoms with Crippen molar-refractivity contribution >= 4 is 11.7 Å². The third-order valence-corrected chi connectivity index (χ3v) is 5.52. The number of benzene rings is 1. The van der Waals surface area contributed by atoms with Crippen LogP contribution in [-0.2, 0) is 28.9 Å². The maximum absolute atomic E-state index is 12.5. The fourth-order valence-electron chi connectivity index (χ4n) is 3.85. The Hall–Kier alpha value is -2.51. The number of nitrogens with zero attached hydrogens (tertiary/aromatic N) is 4. The van der Waals surface area contributed by atoms with E-state index in [1.807, 2.05) is 0 Å². The first-order chi connectivity index (χ1) is 14.2. The first kappa shape index (κ1) is 19.8. The zero-order valence-electron chi connectivity index (χ0n) is 17.0. The number of methoxy groups -OCH3 is 1. The Labute approximate surface area is 171 Å². The Bertz CT molecular complexity index is 834. The van der Waals surface area contributed by atoms with E-state index in [1.54, 1.807) is 18.2 Å². The van der Waals surface area contributed by atoms with Crippen LogP contribution in [0.3, 0.4) is 0 Å². The Morgan fingerprint density at radius 2 is 1.83 bits per heavy atom. The summed E-state index contributed by atoms with van der Waals surface area (Å²) in [5, 5.41) is 0. The minimum Gasteiger partial charge on any atom is -0.461 e. The quantitative estimate of drug-likeness (QED) is 0.606. The summed E-state index contributed by atoms with van der Waals surface area (Å²) in [4.78, 5) is 25.4. The summed E-state index contributed by atoms with van der Waals surface area (Å²) in [6.07, 6.45) is 5.74. The van der Waals surface area contributed by atoms with Crippen molar-refractivity contribution in [3.63, 3.8) is 0 Å². The van der Waals surface area contributed by atoms with Crippen molar-refractivity contribution in [3.05, 3.63) is 47.2 Å². The van der Waals surface area contributed by atoms with Gasteiger partial charge in [-0.1, -0.05) is 24.3 Å². The van der Waals surface area contributed by atoms with Gasteiger partial charge in [0.25, 0.3) is 0 Å². The molecular weight excluding hydrogens is 368 g/mol. The topological polar surface area (TPSA) is 67.8 Å². The van der Waals surface area contributed by atoms with E-state index in [-0.39, 0.29) is 11.9 Å². The molecule has 7 heteroatoms. The molecule has 1 amide bonds. The van der Waals surface area contributed by atoms with Gasteiger partial charge in [-0.3, -0.25) is 9.69 Å². The number of carbonyl (C=O) groups excluding carboxylic acids is 1. The van der Waals surface area contributed by atoms with Crippen molar-refractivity contribution in [3.8, 4) is 6.01 Å². The van der Waals surface area contributed by atoms with Crippen LogP contribution in [0.1, 0.15) is 29.5 Å². The summed E-state index contributed by atoms with van der Waals surface area (Å²) in [5.41, 5.74) is 3.28. The van der Waals surface area contributed by atoms with Crippen molar-refractivity contribution in [2.45, 2.75) is 32.2 Å². The minimum atomic E-state index is 0.0430. The van der Waals surface area contributed by atoms with Crippen LogP contribution in [0.4, 0.5) is 5.82 Å². The Morgan fingerprint density at radius 1 is 1.07 bits per heavy atom. The smallest absolute Gasteiger partial charge is 0.318 e. The van der Waals surface area contributed by atoms with Gasteiger partial charge in [-0.15, -0.1) is 0 Å². The Kier molecular flexibility index (Phi) is 6.36. The number of hydrogen-bond acceptors (Lipinski definition) is 6. The Balaban J connectivity index is 1.39. The summed E-state index contributed by atoms with van der Waals surface area (Å²) in [5.74, 6) is 0.692. The third-order valence-electron chi connectivity index (χ3n) is 5.52. The normalized spacial score (nSPS) is 16.4. The van der Waals surface area contributed by atoms with Gasteiger partial charge in [-0.2, -0.15) is 4.98 Å². The van der Waals surface area contributed by atoms with Gasteiger partial charge >= 0.3 is 6.01 Å². The highest BCUT2D eigenvalue weighted by Gasteiger charge is 2.30. The summed E-state index contributed by atoms with van der Waals surface area (Å²) in [7, 11) is 1.62. The molecule has 0 aliphatic carbocycles. The largest absolute Gasteiger partial charge is 0.461 e. The highest BCUT2D eigenvalue weighted by atomic mass is 16.5. The highest BCUT2D eigenvalue weighted by Crippen LogP contribution is 2.29. The van der Waals surface area contributed by atoms with Gasteiger partial charge in [0.05, 0.1) is 19.6 Å². The van der Waals surface area contributed by atoms with Crippen LogP contribution in [0.15, 0.2) is 30.5 Å². The Morgan fingerprint density at radius 3 is 2.59 bits per heavy atom. The minimum absolute atomic E-state index is 0.0430. The number of anilines is 1. The number of likely N-dealkylation sites (tertiary alicyclic amines) is 1. The SMILES string of the molecule is COCCOc1ncc2c(n1)N(Cc1ccc(CCN3CCCC3)cc1)C(=O)C2. The molecule has 0 bridgehead atoms. The van der Waals surface area contributed by atoms with E-state index in [2.05, 4.69) is 39.1 Å². The van der Waals surface area contributed by atoms with Gasteiger partial charge < -0.3 is 14.4 Å². The van der Waals surface area contributed by atoms with E-state index in [4.69, 9.17) is 9.47 Å². The van der Waals surface area contributed by atoms with Crippen LogP contribution in [0.2, 0.25) is 0 Å². The third kappa shape index (κ3) is 4.92. The lowest BCUT2D eigenvalue weighted by atomic mass is 10.1. The van der Waals surface area contributed by atoms with Gasteiger partial charge in [0.1, 0.15) is 12.4 Å². The molecule has 154 valence electrons. The monoisotopic (exact) mass is 396 g/mol. The van der Waals surface area contributed by atoms with Crippen molar-refractivity contribution in [1.82, 2.24) is 14.9 Å². The molecule has 1 saturated heterocycles. The molecule has 3 heterocycles. The number of amides is 1. The first-order valence-corrected chi connectivity index (χ1v) is 10.3. The molecule has 1 fully saturated rings. The standard InChI is InChI=1S/C22H28N4O3/c1-28-12-13-29-22-23-15-19-14-20(27)26(21(19)24-22)16-18-6-4-17(5-7-18)8-11-25-9-2-3-10-25/h4-7,15H,2-3,8-14,16H2,1H3. The number of rotatable bonds is 9. The van der Waals surface area contributed by atoms with Crippen molar-refractivity contribution in [1.29, 1.82) is 0 Å². The molecule has 0 N–H and O–H groups in total. The second-order valence-electron chi connectivity index (χ2n) is 7.61. The molecule has 0 spiro atoms. The highest BCUT2D eigenvalue weighted by molar-refractivity contribution is 6.00. The van der Waals surface area contributed by atoms with E-state index in [0.29, 0.717) is 32.0 Å². The van der Waals surface area contributed by atoms with Crippen LogP contribution < -0.4 is 9.64 Å². The average Bonchev–Trinajstić information content (AvgIpc) is 3.36. The number of aromatic nitrogens is 2. The molecule has 0 radical (unpaired) electrons. The first-order valence-electron chi connectivity index (χ1n) is 10.3.